The zero-order valence-corrected chi connectivity index (χ0v) is 14.1. The Hall–Kier alpha value is -3.53. The van der Waals surface area contributed by atoms with Gasteiger partial charge in [0.2, 0.25) is 0 Å². The molecule has 0 spiro atoms. The number of carbonyl (C=O) groups excluding carboxylic acids is 1. The number of hydrogen-bond donors (Lipinski definition) is 1. The summed E-state index contributed by atoms with van der Waals surface area (Å²) >= 11 is 0. The van der Waals surface area contributed by atoms with Crippen molar-refractivity contribution >= 4 is 28.6 Å². The summed E-state index contributed by atoms with van der Waals surface area (Å²) in [6.07, 6.45) is 3.32. The highest BCUT2D eigenvalue weighted by Crippen LogP contribution is 2.31. The van der Waals surface area contributed by atoms with Gasteiger partial charge >= 0.3 is 5.97 Å². The molecular weight excluding hydrogens is 328 g/mol. The third kappa shape index (κ3) is 2.93. The number of hydrogen-bond acceptors (Lipinski definition) is 4. The molecule has 4 nitrogen and oxygen atoms in total. The second-order valence-electron chi connectivity index (χ2n) is 5.98. The lowest BCUT2D eigenvalue weighted by Crippen LogP contribution is -1.97. The third-order valence-electron chi connectivity index (χ3n) is 4.30. The van der Waals surface area contributed by atoms with Crippen molar-refractivity contribution in [3.8, 4) is 11.5 Å². The van der Waals surface area contributed by atoms with E-state index in [0.717, 1.165) is 22.1 Å². The van der Waals surface area contributed by atoms with Crippen LogP contribution >= 0.6 is 0 Å². The van der Waals surface area contributed by atoms with E-state index in [1.165, 1.54) is 0 Å². The number of cyclic esters (lactones) is 1. The maximum atomic E-state index is 12.2. The number of esters is 1. The Bertz CT molecular complexity index is 1080. The van der Waals surface area contributed by atoms with Gasteiger partial charge in [0, 0.05) is 11.1 Å². The average molecular weight is 344 g/mol. The van der Waals surface area contributed by atoms with Crippen LogP contribution in [0.3, 0.4) is 0 Å². The first-order valence-corrected chi connectivity index (χ1v) is 8.16. The van der Waals surface area contributed by atoms with Crippen molar-refractivity contribution in [3.05, 3.63) is 83.4 Å². The maximum absolute atomic E-state index is 12.2. The second kappa shape index (κ2) is 6.41. The van der Waals surface area contributed by atoms with E-state index >= 15 is 0 Å². The number of methoxy groups -OCH3 is 1. The molecule has 0 atom stereocenters. The molecule has 3 aromatic rings. The van der Waals surface area contributed by atoms with E-state index < -0.39 is 5.97 Å². The van der Waals surface area contributed by atoms with Crippen LogP contribution in [0.5, 0.6) is 11.5 Å². The van der Waals surface area contributed by atoms with Crippen molar-refractivity contribution in [2.75, 3.05) is 7.11 Å². The summed E-state index contributed by atoms with van der Waals surface area (Å²) in [6.45, 7) is 0. The topological polar surface area (TPSA) is 55.8 Å². The zero-order chi connectivity index (χ0) is 18.1. The molecule has 0 bridgehead atoms. The van der Waals surface area contributed by atoms with E-state index in [1.54, 1.807) is 43.5 Å². The fourth-order valence-corrected chi connectivity index (χ4v) is 2.91. The Kier molecular flexibility index (Phi) is 3.93. The molecule has 0 aromatic heterocycles. The molecule has 1 N–H and O–H groups in total. The number of rotatable bonds is 3. The molecule has 0 amide bonds. The van der Waals surface area contributed by atoms with Gasteiger partial charge in [-0.25, -0.2) is 4.79 Å². The minimum atomic E-state index is -0.432. The van der Waals surface area contributed by atoms with Crippen molar-refractivity contribution in [3.63, 3.8) is 0 Å². The van der Waals surface area contributed by atoms with E-state index in [-0.39, 0.29) is 5.75 Å². The Balaban J connectivity index is 1.71. The summed E-state index contributed by atoms with van der Waals surface area (Å²) in [6, 6.07) is 18.5. The maximum Gasteiger partial charge on any atom is 0.343 e. The first-order chi connectivity index (χ1) is 12.6. The van der Waals surface area contributed by atoms with E-state index in [0.29, 0.717) is 16.9 Å². The monoisotopic (exact) mass is 344 g/mol. The number of phenols is 1. The fraction of sp³-hybridized carbons (Fsp3) is 0.0455. The standard InChI is InChI=1S/C22H16O4/c1-25-19-9-8-14-10-17(7-6-15(14)12-19)21-13-18(22(24)26-21)11-16-4-2-3-5-20(16)23/h2-13,23H,1H3/b18-11-. The number of benzene rings is 3. The van der Waals surface area contributed by atoms with Crippen molar-refractivity contribution in [1.82, 2.24) is 0 Å². The van der Waals surface area contributed by atoms with Gasteiger partial charge in [-0.05, 0) is 47.2 Å². The molecule has 0 unspecified atom stereocenters. The molecule has 0 fully saturated rings. The van der Waals surface area contributed by atoms with Gasteiger partial charge in [0.05, 0.1) is 12.7 Å². The molecule has 26 heavy (non-hydrogen) atoms. The fourth-order valence-electron chi connectivity index (χ4n) is 2.91. The number of para-hydroxylation sites is 1. The zero-order valence-electron chi connectivity index (χ0n) is 14.1. The van der Waals surface area contributed by atoms with Gasteiger partial charge in [0.15, 0.2) is 0 Å². The summed E-state index contributed by atoms with van der Waals surface area (Å²) in [4.78, 5) is 12.2. The summed E-state index contributed by atoms with van der Waals surface area (Å²) in [7, 11) is 1.64. The minimum Gasteiger partial charge on any atom is -0.507 e. The molecule has 0 aliphatic carbocycles. The second-order valence-corrected chi connectivity index (χ2v) is 5.98. The van der Waals surface area contributed by atoms with Crippen molar-refractivity contribution < 1.29 is 19.4 Å². The molecular formula is C22H16O4. The molecule has 128 valence electrons. The average Bonchev–Trinajstić information content (AvgIpc) is 3.03. The lowest BCUT2D eigenvalue weighted by Gasteiger charge is -2.06. The van der Waals surface area contributed by atoms with Gasteiger partial charge in [0.1, 0.15) is 17.3 Å². The van der Waals surface area contributed by atoms with Crippen LogP contribution in [0.15, 0.2) is 72.3 Å². The van der Waals surface area contributed by atoms with Crippen LogP contribution in [0, 0.1) is 0 Å². The molecule has 4 rings (SSSR count). The van der Waals surface area contributed by atoms with Gasteiger partial charge in [-0.15, -0.1) is 0 Å². The van der Waals surface area contributed by atoms with E-state index in [4.69, 9.17) is 9.47 Å². The molecule has 3 aromatic carbocycles. The number of carbonyl (C=O) groups is 1. The number of phenolic OH excluding ortho intramolecular Hbond substituents is 1. The molecule has 1 aliphatic rings. The largest absolute Gasteiger partial charge is 0.507 e. The Labute approximate surface area is 150 Å². The van der Waals surface area contributed by atoms with Crippen LogP contribution in [-0.2, 0) is 9.53 Å². The van der Waals surface area contributed by atoms with Gasteiger partial charge in [-0.2, -0.15) is 0 Å². The Morgan fingerprint density at radius 1 is 1.00 bits per heavy atom. The van der Waals surface area contributed by atoms with E-state index in [1.807, 2.05) is 36.4 Å². The minimum absolute atomic E-state index is 0.120. The lowest BCUT2D eigenvalue weighted by molar-refractivity contribution is -0.130. The first-order valence-electron chi connectivity index (χ1n) is 8.16. The highest BCUT2D eigenvalue weighted by Gasteiger charge is 2.22. The molecule has 1 heterocycles. The molecule has 4 heteroatoms. The highest BCUT2D eigenvalue weighted by molar-refractivity contribution is 6.05. The highest BCUT2D eigenvalue weighted by atomic mass is 16.5. The molecule has 1 aliphatic heterocycles. The van der Waals surface area contributed by atoms with Crippen LogP contribution in [-0.4, -0.2) is 18.2 Å². The van der Waals surface area contributed by atoms with Gasteiger partial charge < -0.3 is 14.6 Å². The number of fused-ring (bicyclic) bond motifs is 1. The predicted molar refractivity (Wildman–Crippen MR) is 101 cm³/mol. The summed E-state index contributed by atoms with van der Waals surface area (Å²) in [5.41, 5.74) is 1.79. The SMILES string of the molecule is COc1ccc2cc(C3=C/C(=C/c4ccccc4O)C(=O)O3)ccc2c1. The van der Waals surface area contributed by atoms with Gasteiger partial charge in [-0.1, -0.05) is 36.4 Å². The van der Waals surface area contributed by atoms with Crippen LogP contribution in [0.2, 0.25) is 0 Å². The van der Waals surface area contributed by atoms with Gasteiger partial charge in [0.25, 0.3) is 0 Å². The van der Waals surface area contributed by atoms with Crippen LogP contribution in [0.25, 0.3) is 22.6 Å². The van der Waals surface area contributed by atoms with Crippen molar-refractivity contribution in [2.45, 2.75) is 0 Å². The predicted octanol–water partition coefficient (Wildman–Crippen LogP) is 4.54. The quantitative estimate of drug-likeness (QED) is 0.560. The van der Waals surface area contributed by atoms with E-state index in [2.05, 4.69) is 0 Å². The molecule has 0 radical (unpaired) electrons. The summed E-state index contributed by atoms with van der Waals surface area (Å²) in [5, 5.41) is 11.9. The van der Waals surface area contributed by atoms with Crippen LogP contribution in [0.4, 0.5) is 0 Å². The van der Waals surface area contributed by atoms with Gasteiger partial charge in [-0.3, -0.25) is 0 Å². The Morgan fingerprint density at radius 2 is 1.77 bits per heavy atom. The molecule has 0 saturated heterocycles. The number of aromatic hydroxyl groups is 1. The Morgan fingerprint density at radius 3 is 2.58 bits per heavy atom. The summed E-state index contributed by atoms with van der Waals surface area (Å²) < 4.78 is 10.7. The summed E-state index contributed by atoms with van der Waals surface area (Å²) in [5.74, 6) is 0.978. The molecule has 0 saturated carbocycles. The first kappa shape index (κ1) is 16.0. The van der Waals surface area contributed by atoms with Crippen molar-refractivity contribution in [1.29, 1.82) is 0 Å². The number of ether oxygens (including phenoxy) is 2. The normalized spacial score (nSPS) is 15.2. The van der Waals surface area contributed by atoms with Crippen LogP contribution < -0.4 is 4.74 Å². The lowest BCUT2D eigenvalue weighted by atomic mass is 10.0. The van der Waals surface area contributed by atoms with Crippen LogP contribution in [0.1, 0.15) is 11.1 Å². The van der Waals surface area contributed by atoms with Crippen molar-refractivity contribution in [2.24, 2.45) is 0 Å². The smallest absolute Gasteiger partial charge is 0.343 e. The van der Waals surface area contributed by atoms with E-state index in [9.17, 15) is 9.90 Å². The third-order valence-corrected chi connectivity index (χ3v) is 4.30.